The zero-order valence-corrected chi connectivity index (χ0v) is 13.0. The molecule has 0 saturated carbocycles. The van der Waals surface area contributed by atoms with Crippen molar-refractivity contribution in [1.29, 1.82) is 0 Å². The fourth-order valence-corrected chi connectivity index (χ4v) is 4.09. The number of aryl methyl sites for hydroxylation is 1. The van der Waals surface area contributed by atoms with E-state index in [1.165, 1.54) is 16.4 Å². The number of hydrogen-bond acceptors (Lipinski definition) is 3. The van der Waals surface area contributed by atoms with Crippen molar-refractivity contribution in [3.63, 3.8) is 0 Å². The summed E-state index contributed by atoms with van der Waals surface area (Å²) in [7, 11) is -3.73. The molecule has 20 heavy (non-hydrogen) atoms. The van der Waals surface area contributed by atoms with E-state index in [0.717, 1.165) is 6.07 Å². The standard InChI is InChI=1S/C14H20FNO3S/c1-10-5-6-12(7-13(10)15)20(17,18)16-8-11(2)19-9-14(16,3)4/h5-7,11H,8-9H2,1-4H3. The zero-order chi connectivity index (χ0) is 15.1. The van der Waals surface area contributed by atoms with Crippen LogP contribution in [-0.2, 0) is 14.8 Å². The van der Waals surface area contributed by atoms with Crippen LogP contribution in [0.25, 0.3) is 0 Å². The van der Waals surface area contributed by atoms with Gasteiger partial charge in [-0.15, -0.1) is 0 Å². The molecule has 1 heterocycles. The van der Waals surface area contributed by atoms with Crippen molar-refractivity contribution in [3.8, 4) is 0 Å². The van der Waals surface area contributed by atoms with Gasteiger partial charge in [-0.1, -0.05) is 6.07 Å². The highest BCUT2D eigenvalue weighted by Gasteiger charge is 2.41. The second-order valence-corrected chi connectivity index (χ2v) is 7.74. The molecule has 112 valence electrons. The average molecular weight is 301 g/mol. The van der Waals surface area contributed by atoms with Crippen LogP contribution in [0.1, 0.15) is 26.3 Å². The first-order chi connectivity index (χ1) is 9.14. The van der Waals surface area contributed by atoms with Crippen molar-refractivity contribution in [1.82, 2.24) is 4.31 Å². The summed E-state index contributed by atoms with van der Waals surface area (Å²) in [6, 6.07) is 4.02. The van der Waals surface area contributed by atoms with Crippen LogP contribution in [0.5, 0.6) is 0 Å². The van der Waals surface area contributed by atoms with E-state index in [-0.39, 0.29) is 17.5 Å². The maximum Gasteiger partial charge on any atom is 0.243 e. The van der Waals surface area contributed by atoms with E-state index < -0.39 is 21.4 Å². The van der Waals surface area contributed by atoms with Crippen molar-refractivity contribution >= 4 is 10.0 Å². The molecule has 0 aliphatic carbocycles. The Morgan fingerprint density at radius 3 is 2.65 bits per heavy atom. The molecule has 1 unspecified atom stereocenters. The molecule has 4 nitrogen and oxygen atoms in total. The van der Waals surface area contributed by atoms with E-state index in [2.05, 4.69) is 0 Å². The Labute approximate surface area is 119 Å². The van der Waals surface area contributed by atoms with Gasteiger partial charge in [-0.2, -0.15) is 4.31 Å². The van der Waals surface area contributed by atoms with Gasteiger partial charge < -0.3 is 4.74 Å². The molecule has 0 N–H and O–H groups in total. The molecular formula is C14H20FNO3S. The average Bonchev–Trinajstić information content (AvgIpc) is 2.35. The topological polar surface area (TPSA) is 46.6 Å². The highest BCUT2D eigenvalue weighted by Crippen LogP contribution is 2.29. The fourth-order valence-electron chi connectivity index (χ4n) is 2.24. The minimum absolute atomic E-state index is 0.0113. The minimum Gasteiger partial charge on any atom is -0.375 e. The van der Waals surface area contributed by atoms with Crippen molar-refractivity contribution in [2.75, 3.05) is 13.2 Å². The summed E-state index contributed by atoms with van der Waals surface area (Å²) in [5, 5.41) is 0. The summed E-state index contributed by atoms with van der Waals surface area (Å²) >= 11 is 0. The summed E-state index contributed by atoms with van der Waals surface area (Å²) in [6.45, 7) is 7.63. The van der Waals surface area contributed by atoms with Gasteiger partial charge in [0.05, 0.1) is 23.1 Å². The van der Waals surface area contributed by atoms with Gasteiger partial charge in [0.1, 0.15) is 5.82 Å². The lowest BCUT2D eigenvalue weighted by Gasteiger charge is -2.43. The van der Waals surface area contributed by atoms with Crippen LogP contribution in [0.4, 0.5) is 4.39 Å². The van der Waals surface area contributed by atoms with Gasteiger partial charge in [-0.3, -0.25) is 0 Å². The summed E-state index contributed by atoms with van der Waals surface area (Å²) in [5.41, 5.74) is -0.217. The number of benzene rings is 1. The molecular weight excluding hydrogens is 281 g/mol. The molecule has 0 aromatic heterocycles. The van der Waals surface area contributed by atoms with Gasteiger partial charge >= 0.3 is 0 Å². The predicted octanol–water partition coefficient (Wildman–Crippen LogP) is 2.32. The number of nitrogens with zero attached hydrogens (tertiary/aromatic N) is 1. The van der Waals surface area contributed by atoms with Crippen LogP contribution in [-0.4, -0.2) is 37.5 Å². The van der Waals surface area contributed by atoms with Gasteiger partial charge in [0.25, 0.3) is 0 Å². The Morgan fingerprint density at radius 2 is 2.05 bits per heavy atom. The molecule has 0 spiro atoms. The quantitative estimate of drug-likeness (QED) is 0.842. The van der Waals surface area contributed by atoms with E-state index in [4.69, 9.17) is 4.74 Å². The Hall–Kier alpha value is -0.980. The first-order valence-corrected chi connectivity index (χ1v) is 7.99. The summed E-state index contributed by atoms with van der Waals surface area (Å²) < 4.78 is 46.0. The summed E-state index contributed by atoms with van der Waals surface area (Å²) in [4.78, 5) is -0.0113. The Morgan fingerprint density at radius 1 is 1.40 bits per heavy atom. The van der Waals surface area contributed by atoms with Gasteiger partial charge in [0, 0.05) is 6.54 Å². The highest BCUT2D eigenvalue weighted by atomic mass is 32.2. The smallest absolute Gasteiger partial charge is 0.243 e. The number of sulfonamides is 1. The third-order valence-electron chi connectivity index (χ3n) is 3.55. The fraction of sp³-hybridized carbons (Fsp3) is 0.571. The lowest BCUT2D eigenvalue weighted by atomic mass is 10.1. The van der Waals surface area contributed by atoms with E-state index in [1.807, 2.05) is 6.92 Å². The van der Waals surface area contributed by atoms with Crippen LogP contribution in [0, 0.1) is 12.7 Å². The molecule has 1 fully saturated rings. The number of ether oxygens (including phenoxy) is 1. The third kappa shape index (κ3) is 2.73. The van der Waals surface area contributed by atoms with Crippen molar-refractivity contribution in [2.45, 2.75) is 44.2 Å². The summed E-state index contributed by atoms with van der Waals surface area (Å²) in [5.74, 6) is -0.509. The minimum atomic E-state index is -3.73. The maximum absolute atomic E-state index is 13.6. The molecule has 2 rings (SSSR count). The largest absolute Gasteiger partial charge is 0.375 e. The zero-order valence-electron chi connectivity index (χ0n) is 12.2. The lowest BCUT2D eigenvalue weighted by molar-refractivity contribution is -0.0551. The number of hydrogen-bond donors (Lipinski definition) is 0. The molecule has 1 atom stereocenters. The SMILES string of the molecule is Cc1ccc(S(=O)(=O)N2CC(C)OCC2(C)C)cc1F. The maximum atomic E-state index is 13.6. The molecule has 1 saturated heterocycles. The molecule has 1 aliphatic heterocycles. The normalized spacial score (nSPS) is 23.8. The monoisotopic (exact) mass is 301 g/mol. The van der Waals surface area contributed by atoms with E-state index in [9.17, 15) is 12.8 Å². The molecule has 1 aromatic carbocycles. The van der Waals surface area contributed by atoms with E-state index in [1.54, 1.807) is 20.8 Å². The first-order valence-electron chi connectivity index (χ1n) is 6.55. The van der Waals surface area contributed by atoms with E-state index in [0.29, 0.717) is 12.2 Å². The first kappa shape index (κ1) is 15.4. The van der Waals surface area contributed by atoms with Gasteiger partial charge in [-0.25, -0.2) is 12.8 Å². The predicted molar refractivity (Wildman–Crippen MR) is 74.5 cm³/mol. The van der Waals surface area contributed by atoms with Crippen molar-refractivity contribution < 1.29 is 17.5 Å². The van der Waals surface area contributed by atoms with Crippen LogP contribution < -0.4 is 0 Å². The van der Waals surface area contributed by atoms with Crippen LogP contribution >= 0.6 is 0 Å². The van der Waals surface area contributed by atoms with Crippen LogP contribution in [0.3, 0.4) is 0 Å². The van der Waals surface area contributed by atoms with E-state index >= 15 is 0 Å². The van der Waals surface area contributed by atoms with Gasteiger partial charge in [0.15, 0.2) is 0 Å². The number of rotatable bonds is 2. The second-order valence-electron chi connectivity index (χ2n) is 5.88. The van der Waals surface area contributed by atoms with Crippen LogP contribution in [0.2, 0.25) is 0 Å². The third-order valence-corrected chi connectivity index (χ3v) is 5.62. The molecule has 1 aromatic rings. The molecule has 0 amide bonds. The summed E-state index contributed by atoms with van der Waals surface area (Å²) in [6.07, 6.45) is -0.173. The Bertz CT molecular complexity index is 613. The Kier molecular flexibility index (Phi) is 3.92. The van der Waals surface area contributed by atoms with Gasteiger partial charge in [0.2, 0.25) is 10.0 Å². The Balaban J connectivity index is 2.45. The molecule has 0 radical (unpaired) electrons. The van der Waals surface area contributed by atoms with Crippen molar-refractivity contribution in [3.05, 3.63) is 29.6 Å². The lowest BCUT2D eigenvalue weighted by Crippen LogP contribution is -2.57. The number of morpholine rings is 1. The highest BCUT2D eigenvalue weighted by molar-refractivity contribution is 7.89. The van der Waals surface area contributed by atoms with Crippen molar-refractivity contribution in [2.24, 2.45) is 0 Å². The molecule has 1 aliphatic rings. The molecule has 0 bridgehead atoms. The van der Waals surface area contributed by atoms with Crippen LogP contribution in [0.15, 0.2) is 23.1 Å². The van der Waals surface area contributed by atoms with Gasteiger partial charge in [-0.05, 0) is 45.4 Å². The number of halogens is 1. The molecule has 6 heteroatoms. The second kappa shape index (κ2) is 5.09.